The quantitative estimate of drug-likeness (QED) is 0.775. The number of hydrogen-bond acceptors (Lipinski definition) is 1. The van der Waals surface area contributed by atoms with Gasteiger partial charge in [0.15, 0.2) is 0 Å². The van der Waals surface area contributed by atoms with Crippen LogP contribution in [0.2, 0.25) is 0 Å². The molecular weight excluding hydrogens is 230 g/mol. The average Bonchev–Trinajstić information content (AvgIpc) is 2.41. The summed E-state index contributed by atoms with van der Waals surface area (Å²) in [6.07, 6.45) is 4.03. The van der Waals surface area contributed by atoms with E-state index in [1.807, 2.05) is 12.3 Å². The zero-order chi connectivity index (χ0) is 13.8. The molecule has 1 nitrogen and oxygen atoms in total. The van der Waals surface area contributed by atoms with E-state index in [1.165, 1.54) is 27.9 Å². The molecule has 0 aliphatic rings. The summed E-state index contributed by atoms with van der Waals surface area (Å²) in [6, 6.07) is 11.0. The fourth-order valence-electron chi connectivity index (χ4n) is 2.69. The van der Waals surface area contributed by atoms with E-state index >= 15 is 0 Å². The van der Waals surface area contributed by atoms with Gasteiger partial charge in [0.1, 0.15) is 0 Å². The SMILES string of the molecule is CCc1cccnc1C(C)Cc1ccc(C)cc1C. The van der Waals surface area contributed by atoms with E-state index in [-0.39, 0.29) is 0 Å². The molecule has 1 unspecified atom stereocenters. The number of nitrogens with zero attached hydrogens (tertiary/aromatic N) is 1. The summed E-state index contributed by atoms with van der Waals surface area (Å²) in [4.78, 5) is 4.59. The Morgan fingerprint density at radius 2 is 1.89 bits per heavy atom. The van der Waals surface area contributed by atoms with Crippen molar-refractivity contribution in [2.75, 3.05) is 0 Å². The second-order valence-electron chi connectivity index (χ2n) is 5.44. The number of aryl methyl sites for hydroxylation is 3. The third kappa shape index (κ3) is 3.23. The minimum absolute atomic E-state index is 0.470. The van der Waals surface area contributed by atoms with Crippen molar-refractivity contribution in [2.45, 2.75) is 46.5 Å². The summed E-state index contributed by atoms with van der Waals surface area (Å²) in [5, 5.41) is 0. The number of pyridine rings is 1. The van der Waals surface area contributed by atoms with Crippen molar-refractivity contribution in [1.82, 2.24) is 4.98 Å². The number of hydrogen-bond donors (Lipinski definition) is 0. The molecule has 1 atom stereocenters. The van der Waals surface area contributed by atoms with E-state index in [2.05, 4.69) is 56.9 Å². The monoisotopic (exact) mass is 253 g/mol. The van der Waals surface area contributed by atoms with Crippen LogP contribution >= 0.6 is 0 Å². The predicted octanol–water partition coefficient (Wildman–Crippen LogP) is 4.61. The van der Waals surface area contributed by atoms with Crippen molar-refractivity contribution in [2.24, 2.45) is 0 Å². The lowest BCUT2D eigenvalue weighted by Gasteiger charge is -2.16. The molecule has 1 heterocycles. The Hall–Kier alpha value is -1.63. The molecule has 0 aliphatic heterocycles. The normalized spacial score (nSPS) is 12.4. The van der Waals surface area contributed by atoms with E-state index in [4.69, 9.17) is 0 Å². The Morgan fingerprint density at radius 1 is 1.11 bits per heavy atom. The van der Waals surface area contributed by atoms with Crippen molar-refractivity contribution >= 4 is 0 Å². The number of rotatable bonds is 4. The third-order valence-electron chi connectivity index (χ3n) is 3.80. The zero-order valence-corrected chi connectivity index (χ0v) is 12.4. The van der Waals surface area contributed by atoms with Gasteiger partial charge in [0.25, 0.3) is 0 Å². The van der Waals surface area contributed by atoms with Gasteiger partial charge in [-0.05, 0) is 49.4 Å². The lowest BCUT2D eigenvalue weighted by atomic mass is 9.91. The zero-order valence-electron chi connectivity index (χ0n) is 12.4. The molecule has 100 valence electrons. The van der Waals surface area contributed by atoms with E-state index in [0.717, 1.165) is 12.8 Å². The molecular formula is C18H23N. The summed E-state index contributed by atoms with van der Waals surface area (Å²) in [5.74, 6) is 0.470. The second-order valence-corrected chi connectivity index (χ2v) is 5.44. The fraction of sp³-hybridized carbons (Fsp3) is 0.389. The van der Waals surface area contributed by atoms with Gasteiger partial charge in [-0.25, -0.2) is 0 Å². The highest BCUT2D eigenvalue weighted by molar-refractivity contribution is 5.33. The Balaban J connectivity index is 2.23. The van der Waals surface area contributed by atoms with Gasteiger partial charge < -0.3 is 0 Å². The Labute approximate surface area is 116 Å². The molecule has 2 rings (SSSR count). The maximum atomic E-state index is 4.59. The highest BCUT2D eigenvalue weighted by Gasteiger charge is 2.12. The topological polar surface area (TPSA) is 12.9 Å². The second kappa shape index (κ2) is 6.01. The van der Waals surface area contributed by atoms with Gasteiger partial charge in [0, 0.05) is 17.8 Å². The number of aromatic nitrogens is 1. The minimum atomic E-state index is 0.470. The first kappa shape index (κ1) is 13.8. The van der Waals surface area contributed by atoms with Crippen LogP contribution in [0.4, 0.5) is 0 Å². The summed E-state index contributed by atoms with van der Waals surface area (Å²) < 4.78 is 0. The lowest BCUT2D eigenvalue weighted by molar-refractivity contribution is 0.714. The first-order valence-electron chi connectivity index (χ1n) is 7.11. The lowest BCUT2D eigenvalue weighted by Crippen LogP contribution is -2.06. The van der Waals surface area contributed by atoms with Crippen molar-refractivity contribution < 1.29 is 0 Å². The van der Waals surface area contributed by atoms with Gasteiger partial charge in [-0.2, -0.15) is 0 Å². The van der Waals surface area contributed by atoms with Gasteiger partial charge in [-0.15, -0.1) is 0 Å². The van der Waals surface area contributed by atoms with Gasteiger partial charge in [0.05, 0.1) is 0 Å². The van der Waals surface area contributed by atoms with Crippen LogP contribution in [0.25, 0.3) is 0 Å². The summed E-state index contributed by atoms with van der Waals surface area (Å²) in [6.45, 7) is 8.83. The molecule has 1 aromatic heterocycles. The smallest absolute Gasteiger partial charge is 0.0466 e. The highest BCUT2D eigenvalue weighted by Crippen LogP contribution is 2.24. The summed E-state index contributed by atoms with van der Waals surface area (Å²) >= 11 is 0. The number of benzene rings is 1. The largest absolute Gasteiger partial charge is 0.261 e. The Bertz CT molecular complexity index is 557. The summed E-state index contributed by atoms with van der Waals surface area (Å²) in [7, 11) is 0. The van der Waals surface area contributed by atoms with Gasteiger partial charge in [-0.1, -0.05) is 43.7 Å². The van der Waals surface area contributed by atoms with Crippen LogP contribution in [0, 0.1) is 13.8 Å². The van der Waals surface area contributed by atoms with Crippen LogP contribution in [0.3, 0.4) is 0 Å². The molecule has 0 spiro atoms. The molecule has 1 heteroatoms. The standard InChI is InChI=1S/C18H23N/c1-5-16-7-6-10-19-18(16)15(4)12-17-9-8-13(2)11-14(17)3/h6-11,15H,5,12H2,1-4H3. The molecule has 0 saturated heterocycles. The Kier molecular flexibility index (Phi) is 4.36. The van der Waals surface area contributed by atoms with E-state index in [1.54, 1.807) is 0 Å². The third-order valence-corrected chi connectivity index (χ3v) is 3.80. The van der Waals surface area contributed by atoms with Crippen LogP contribution in [-0.4, -0.2) is 4.98 Å². The molecule has 0 bridgehead atoms. The first-order valence-corrected chi connectivity index (χ1v) is 7.11. The molecule has 0 aliphatic carbocycles. The molecule has 2 aromatic rings. The maximum absolute atomic E-state index is 4.59. The van der Waals surface area contributed by atoms with Crippen molar-refractivity contribution in [3.63, 3.8) is 0 Å². The van der Waals surface area contributed by atoms with Crippen LogP contribution in [0.1, 0.15) is 47.7 Å². The first-order chi connectivity index (χ1) is 9.11. The Morgan fingerprint density at radius 3 is 2.58 bits per heavy atom. The van der Waals surface area contributed by atoms with E-state index < -0.39 is 0 Å². The van der Waals surface area contributed by atoms with Crippen molar-refractivity contribution in [3.05, 3.63) is 64.5 Å². The van der Waals surface area contributed by atoms with Crippen molar-refractivity contribution in [1.29, 1.82) is 0 Å². The summed E-state index contributed by atoms with van der Waals surface area (Å²) in [5.41, 5.74) is 6.79. The molecule has 0 N–H and O–H groups in total. The van der Waals surface area contributed by atoms with E-state index in [0.29, 0.717) is 5.92 Å². The fourth-order valence-corrected chi connectivity index (χ4v) is 2.69. The molecule has 1 aromatic carbocycles. The minimum Gasteiger partial charge on any atom is -0.261 e. The predicted molar refractivity (Wildman–Crippen MR) is 81.7 cm³/mol. The van der Waals surface area contributed by atoms with Crippen LogP contribution in [0.5, 0.6) is 0 Å². The van der Waals surface area contributed by atoms with Gasteiger partial charge in [0.2, 0.25) is 0 Å². The van der Waals surface area contributed by atoms with Crippen LogP contribution < -0.4 is 0 Å². The van der Waals surface area contributed by atoms with Crippen LogP contribution in [-0.2, 0) is 12.8 Å². The van der Waals surface area contributed by atoms with Crippen LogP contribution in [0.15, 0.2) is 36.5 Å². The molecule has 19 heavy (non-hydrogen) atoms. The van der Waals surface area contributed by atoms with E-state index in [9.17, 15) is 0 Å². The molecule has 0 amide bonds. The molecule has 0 fully saturated rings. The molecule has 0 radical (unpaired) electrons. The average molecular weight is 253 g/mol. The highest BCUT2D eigenvalue weighted by atomic mass is 14.7. The van der Waals surface area contributed by atoms with Crippen molar-refractivity contribution in [3.8, 4) is 0 Å². The van der Waals surface area contributed by atoms with Gasteiger partial charge in [-0.3, -0.25) is 4.98 Å². The molecule has 0 saturated carbocycles. The maximum Gasteiger partial charge on any atom is 0.0466 e. The van der Waals surface area contributed by atoms with Gasteiger partial charge >= 0.3 is 0 Å².